The van der Waals surface area contributed by atoms with Crippen LogP contribution in [0.1, 0.15) is 49.1 Å². The topological polar surface area (TPSA) is 63.1 Å². The highest BCUT2D eigenvalue weighted by Crippen LogP contribution is 2.26. The zero-order valence-corrected chi connectivity index (χ0v) is 13.0. The van der Waals surface area contributed by atoms with Crippen molar-refractivity contribution in [1.82, 2.24) is 9.97 Å². The molecule has 0 aliphatic carbocycles. The van der Waals surface area contributed by atoms with Crippen molar-refractivity contribution in [3.8, 4) is 0 Å². The van der Waals surface area contributed by atoms with Crippen LogP contribution in [0.15, 0.2) is 5.03 Å². The highest BCUT2D eigenvalue weighted by molar-refractivity contribution is 7.99. The van der Waals surface area contributed by atoms with Gasteiger partial charge >= 0.3 is 5.97 Å². The number of carboxylic acid groups (broad SMARTS) is 1. The number of carboxylic acids is 1. The standard InChI is InChI=1S/C14H22N2O2S/c1-8(2)6-9(3)7-19-13-12(14(17)18)10(4)15-11(5)16-13/h8-9H,6-7H2,1-5H3,(H,17,18). The van der Waals surface area contributed by atoms with Gasteiger partial charge in [-0.15, -0.1) is 11.8 Å². The molecule has 0 amide bonds. The second-order valence-electron chi connectivity index (χ2n) is 5.39. The number of aryl methyl sites for hydroxylation is 2. The van der Waals surface area contributed by atoms with Crippen LogP contribution in [0, 0.1) is 25.7 Å². The number of aromatic nitrogens is 2. The Morgan fingerprint density at radius 2 is 1.89 bits per heavy atom. The van der Waals surface area contributed by atoms with E-state index >= 15 is 0 Å². The van der Waals surface area contributed by atoms with E-state index in [1.54, 1.807) is 13.8 Å². The van der Waals surface area contributed by atoms with E-state index < -0.39 is 5.97 Å². The molecule has 0 saturated carbocycles. The van der Waals surface area contributed by atoms with Crippen molar-refractivity contribution in [3.63, 3.8) is 0 Å². The van der Waals surface area contributed by atoms with Crippen LogP contribution < -0.4 is 0 Å². The van der Waals surface area contributed by atoms with Gasteiger partial charge in [0.2, 0.25) is 0 Å². The van der Waals surface area contributed by atoms with Gasteiger partial charge in [0.15, 0.2) is 0 Å². The summed E-state index contributed by atoms with van der Waals surface area (Å²) >= 11 is 1.52. The molecule has 0 aliphatic heterocycles. The third-order valence-corrected chi connectivity index (χ3v) is 4.07. The Balaban J connectivity index is 2.85. The average Bonchev–Trinajstić information content (AvgIpc) is 2.23. The fraction of sp³-hybridized carbons (Fsp3) is 0.643. The number of thioether (sulfide) groups is 1. The normalized spacial score (nSPS) is 12.7. The van der Waals surface area contributed by atoms with Crippen LogP contribution >= 0.6 is 11.8 Å². The van der Waals surface area contributed by atoms with Crippen LogP contribution in [0.4, 0.5) is 0 Å². The van der Waals surface area contributed by atoms with Crippen molar-refractivity contribution in [2.45, 2.75) is 46.1 Å². The molecular formula is C14H22N2O2S. The highest BCUT2D eigenvalue weighted by atomic mass is 32.2. The third kappa shape index (κ3) is 4.82. The Kier molecular flexibility index (Phi) is 5.79. The quantitative estimate of drug-likeness (QED) is 0.638. The number of hydrogen-bond donors (Lipinski definition) is 1. The SMILES string of the molecule is Cc1nc(C)c(C(=O)O)c(SCC(C)CC(C)C)n1. The third-order valence-electron chi connectivity index (χ3n) is 2.76. The monoisotopic (exact) mass is 282 g/mol. The van der Waals surface area contributed by atoms with E-state index in [0.29, 0.717) is 28.4 Å². The van der Waals surface area contributed by atoms with Crippen LogP contribution in [-0.4, -0.2) is 26.8 Å². The summed E-state index contributed by atoms with van der Waals surface area (Å²) in [4.78, 5) is 19.7. The molecule has 1 N–H and O–H groups in total. The molecule has 0 aliphatic rings. The smallest absolute Gasteiger partial charge is 0.340 e. The van der Waals surface area contributed by atoms with Crippen LogP contribution in [0.5, 0.6) is 0 Å². The largest absolute Gasteiger partial charge is 0.478 e. The molecule has 1 rings (SSSR count). The van der Waals surface area contributed by atoms with Crippen molar-refractivity contribution >= 4 is 17.7 Å². The van der Waals surface area contributed by atoms with Gasteiger partial charge in [0, 0.05) is 5.75 Å². The van der Waals surface area contributed by atoms with Gasteiger partial charge in [0.05, 0.1) is 5.69 Å². The summed E-state index contributed by atoms with van der Waals surface area (Å²) in [7, 11) is 0. The summed E-state index contributed by atoms with van der Waals surface area (Å²) in [5.41, 5.74) is 0.784. The molecule has 19 heavy (non-hydrogen) atoms. The summed E-state index contributed by atoms with van der Waals surface area (Å²) in [5, 5.41) is 9.85. The molecule has 1 atom stereocenters. The van der Waals surface area contributed by atoms with Crippen molar-refractivity contribution in [2.24, 2.45) is 11.8 Å². The molecule has 0 saturated heterocycles. The summed E-state index contributed by atoms with van der Waals surface area (Å²) < 4.78 is 0. The first-order valence-electron chi connectivity index (χ1n) is 6.52. The molecule has 0 fully saturated rings. The molecule has 1 aromatic heterocycles. The number of nitrogens with zero attached hydrogens (tertiary/aromatic N) is 2. The van der Waals surface area contributed by atoms with Crippen molar-refractivity contribution in [3.05, 3.63) is 17.1 Å². The summed E-state index contributed by atoms with van der Waals surface area (Å²) in [6.45, 7) is 10.1. The van der Waals surface area contributed by atoms with Gasteiger partial charge in [-0.1, -0.05) is 20.8 Å². The van der Waals surface area contributed by atoms with Crippen molar-refractivity contribution < 1.29 is 9.90 Å². The second-order valence-corrected chi connectivity index (χ2v) is 6.40. The Morgan fingerprint density at radius 1 is 1.26 bits per heavy atom. The first-order valence-corrected chi connectivity index (χ1v) is 7.51. The lowest BCUT2D eigenvalue weighted by Crippen LogP contribution is -2.10. The minimum absolute atomic E-state index is 0.243. The molecule has 4 nitrogen and oxygen atoms in total. The van der Waals surface area contributed by atoms with Crippen LogP contribution in [0.2, 0.25) is 0 Å². The molecule has 0 aromatic carbocycles. The van der Waals surface area contributed by atoms with Crippen molar-refractivity contribution in [1.29, 1.82) is 0 Å². The first kappa shape index (κ1) is 16.0. The summed E-state index contributed by atoms with van der Waals surface area (Å²) in [6, 6.07) is 0. The van der Waals surface area contributed by atoms with E-state index in [-0.39, 0.29) is 5.56 Å². The van der Waals surface area contributed by atoms with E-state index in [2.05, 4.69) is 30.7 Å². The van der Waals surface area contributed by atoms with Crippen LogP contribution in [-0.2, 0) is 0 Å². The van der Waals surface area contributed by atoms with Gasteiger partial charge in [-0.3, -0.25) is 0 Å². The lowest BCUT2D eigenvalue weighted by atomic mass is 10.0. The number of aromatic carboxylic acids is 1. The van der Waals surface area contributed by atoms with Gasteiger partial charge in [-0.05, 0) is 32.1 Å². The van der Waals surface area contributed by atoms with Gasteiger partial charge in [-0.25, -0.2) is 14.8 Å². The zero-order chi connectivity index (χ0) is 14.6. The predicted molar refractivity (Wildman–Crippen MR) is 77.8 cm³/mol. The van der Waals surface area contributed by atoms with Crippen LogP contribution in [0.25, 0.3) is 0 Å². The predicted octanol–water partition coefficient (Wildman–Crippen LogP) is 3.57. The Morgan fingerprint density at radius 3 is 2.42 bits per heavy atom. The Hall–Kier alpha value is -1.10. The van der Waals surface area contributed by atoms with Crippen LogP contribution in [0.3, 0.4) is 0 Å². The highest BCUT2D eigenvalue weighted by Gasteiger charge is 2.18. The number of hydrogen-bond acceptors (Lipinski definition) is 4. The van der Waals surface area contributed by atoms with Gasteiger partial charge in [0.25, 0.3) is 0 Å². The maximum Gasteiger partial charge on any atom is 0.340 e. The fourth-order valence-electron chi connectivity index (χ4n) is 2.13. The molecule has 1 heterocycles. The van der Waals surface area contributed by atoms with Gasteiger partial charge in [-0.2, -0.15) is 0 Å². The molecule has 5 heteroatoms. The summed E-state index contributed by atoms with van der Waals surface area (Å²) in [5.74, 6) is 1.76. The number of rotatable bonds is 6. The Labute approximate surface area is 119 Å². The first-order chi connectivity index (χ1) is 8.81. The van der Waals surface area contributed by atoms with E-state index in [1.807, 2.05) is 0 Å². The Bertz CT molecular complexity index is 461. The molecule has 1 unspecified atom stereocenters. The van der Waals surface area contributed by atoms with Gasteiger partial charge in [0.1, 0.15) is 16.4 Å². The maximum absolute atomic E-state index is 11.3. The molecular weight excluding hydrogens is 260 g/mol. The average molecular weight is 282 g/mol. The molecule has 106 valence electrons. The minimum Gasteiger partial charge on any atom is -0.478 e. The molecule has 0 spiro atoms. The maximum atomic E-state index is 11.3. The lowest BCUT2D eigenvalue weighted by molar-refractivity contribution is 0.0690. The second kappa shape index (κ2) is 6.89. The van der Waals surface area contributed by atoms with E-state index in [0.717, 1.165) is 12.2 Å². The van der Waals surface area contributed by atoms with E-state index in [9.17, 15) is 9.90 Å². The summed E-state index contributed by atoms with van der Waals surface area (Å²) in [6.07, 6.45) is 1.14. The fourth-order valence-corrected chi connectivity index (χ4v) is 3.28. The molecule has 1 aromatic rings. The minimum atomic E-state index is -0.948. The van der Waals surface area contributed by atoms with E-state index in [4.69, 9.17) is 0 Å². The van der Waals surface area contributed by atoms with Gasteiger partial charge < -0.3 is 5.11 Å². The molecule has 0 radical (unpaired) electrons. The zero-order valence-electron chi connectivity index (χ0n) is 12.2. The van der Waals surface area contributed by atoms with Crippen molar-refractivity contribution in [2.75, 3.05) is 5.75 Å². The molecule has 0 bridgehead atoms. The lowest BCUT2D eigenvalue weighted by Gasteiger charge is -2.14. The van der Waals surface area contributed by atoms with E-state index in [1.165, 1.54) is 11.8 Å². The number of carbonyl (C=O) groups is 1.